The van der Waals surface area contributed by atoms with Gasteiger partial charge in [-0.1, -0.05) is 0 Å². The molecular formula is C25H30FN5O4. The zero-order valence-corrected chi connectivity index (χ0v) is 21.1. The third kappa shape index (κ3) is 5.11. The number of fused-ring (bicyclic) bond motifs is 2. The van der Waals surface area contributed by atoms with Crippen LogP contribution in [0, 0.1) is 12.7 Å². The van der Waals surface area contributed by atoms with E-state index >= 15 is 4.39 Å². The van der Waals surface area contributed by atoms with E-state index in [0.29, 0.717) is 36.1 Å². The number of carbonyl (C=O) groups excluding carboxylic acids is 2. The van der Waals surface area contributed by atoms with Crippen molar-refractivity contribution in [3.63, 3.8) is 0 Å². The summed E-state index contributed by atoms with van der Waals surface area (Å²) in [7, 11) is 0. The summed E-state index contributed by atoms with van der Waals surface area (Å²) in [5.41, 5.74) is 2.06. The number of halogens is 1. The number of benzene rings is 1. The van der Waals surface area contributed by atoms with Crippen LogP contribution < -0.4 is 0 Å². The second-order valence-corrected chi connectivity index (χ2v) is 10.6. The Morgan fingerprint density at radius 1 is 1.03 bits per heavy atom. The van der Waals surface area contributed by atoms with Crippen molar-refractivity contribution in [3.05, 3.63) is 41.0 Å². The molecule has 9 nitrogen and oxygen atoms in total. The summed E-state index contributed by atoms with van der Waals surface area (Å²) in [5.74, 6) is -0.265. The van der Waals surface area contributed by atoms with Crippen molar-refractivity contribution in [3.8, 4) is 11.4 Å². The number of hydrogen-bond donors (Lipinski definition) is 0. The fourth-order valence-corrected chi connectivity index (χ4v) is 4.00. The van der Waals surface area contributed by atoms with Crippen LogP contribution in [-0.2, 0) is 22.4 Å². The minimum atomic E-state index is -0.688. The van der Waals surface area contributed by atoms with Gasteiger partial charge in [-0.3, -0.25) is 0 Å². The predicted molar refractivity (Wildman–Crippen MR) is 127 cm³/mol. The number of rotatable bonds is 1. The minimum Gasteiger partial charge on any atom is -0.444 e. The fraction of sp³-hybridized carbons (Fsp3) is 0.480. The summed E-state index contributed by atoms with van der Waals surface area (Å²) in [4.78, 5) is 35.5. The average Bonchev–Trinajstić information content (AvgIpc) is 3.14. The first-order valence-electron chi connectivity index (χ1n) is 11.5. The van der Waals surface area contributed by atoms with E-state index in [1.165, 1.54) is 18.5 Å². The number of hydrogen-bond acceptors (Lipinski definition) is 7. The van der Waals surface area contributed by atoms with E-state index in [9.17, 15) is 9.59 Å². The quantitative estimate of drug-likeness (QED) is 0.479. The monoisotopic (exact) mass is 483 g/mol. The van der Waals surface area contributed by atoms with E-state index in [-0.39, 0.29) is 11.4 Å². The molecule has 0 saturated carbocycles. The summed E-state index contributed by atoms with van der Waals surface area (Å²) in [6.45, 7) is 13.3. The molecule has 3 aromatic rings. The van der Waals surface area contributed by atoms with Gasteiger partial charge < -0.3 is 14.4 Å². The van der Waals surface area contributed by atoms with Gasteiger partial charge in [0, 0.05) is 13.1 Å². The molecule has 186 valence electrons. The SMILES string of the molecule is Cc1c2c(cc(F)c1-c1ncc3c(cnn3C(=O)OC(C)(C)C)n1)CCN(C(=O)OC(C)(C)C)C2. The van der Waals surface area contributed by atoms with Gasteiger partial charge in [-0.15, -0.1) is 0 Å². The van der Waals surface area contributed by atoms with Crippen molar-refractivity contribution in [2.24, 2.45) is 0 Å². The highest BCUT2D eigenvalue weighted by Gasteiger charge is 2.29. The minimum absolute atomic E-state index is 0.174. The highest BCUT2D eigenvalue weighted by atomic mass is 19.1. The number of aromatic nitrogens is 4. The molecule has 0 atom stereocenters. The molecule has 35 heavy (non-hydrogen) atoms. The van der Waals surface area contributed by atoms with Crippen LogP contribution in [0.1, 0.15) is 58.2 Å². The van der Waals surface area contributed by atoms with Gasteiger partial charge in [-0.2, -0.15) is 9.78 Å². The number of amides is 1. The summed E-state index contributed by atoms with van der Waals surface area (Å²) in [5, 5.41) is 4.08. The zero-order valence-electron chi connectivity index (χ0n) is 21.1. The van der Waals surface area contributed by atoms with Crippen LogP contribution in [-0.4, -0.2) is 54.6 Å². The lowest BCUT2D eigenvalue weighted by Crippen LogP contribution is -2.40. The molecule has 2 aromatic heterocycles. The first kappa shape index (κ1) is 24.6. The van der Waals surface area contributed by atoms with Gasteiger partial charge in [0.2, 0.25) is 0 Å². The van der Waals surface area contributed by atoms with E-state index in [2.05, 4.69) is 15.1 Å². The van der Waals surface area contributed by atoms with Crippen LogP contribution in [0.25, 0.3) is 22.4 Å². The van der Waals surface area contributed by atoms with Crippen molar-refractivity contribution >= 4 is 23.2 Å². The molecule has 0 saturated heterocycles. The first-order valence-corrected chi connectivity index (χ1v) is 11.5. The Hall–Kier alpha value is -3.56. The van der Waals surface area contributed by atoms with Gasteiger partial charge in [-0.25, -0.2) is 23.9 Å². The standard InChI is InChI=1S/C25H30FN5O4/c1-14-16-13-30(22(32)34-24(2,3)4)9-8-15(16)10-17(26)20(14)21-27-12-19-18(29-21)11-28-31(19)23(33)35-25(5,6)7/h10-12H,8-9,13H2,1-7H3. The van der Waals surface area contributed by atoms with Crippen LogP contribution >= 0.6 is 0 Å². The molecule has 3 heterocycles. The predicted octanol–water partition coefficient (Wildman–Crippen LogP) is 5.02. The van der Waals surface area contributed by atoms with Crippen molar-refractivity contribution < 1.29 is 23.5 Å². The van der Waals surface area contributed by atoms with Crippen LogP contribution in [0.2, 0.25) is 0 Å². The highest BCUT2D eigenvalue weighted by molar-refractivity contribution is 5.86. The Labute approximate surface area is 203 Å². The number of carbonyl (C=O) groups is 2. The molecule has 1 amide bonds. The molecule has 4 rings (SSSR count). The summed E-state index contributed by atoms with van der Waals surface area (Å²) in [6.07, 6.45) is 2.32. The second kappa shape index (κ2) is 8.58. The lowest BCUT2D eigenvalue weighted by molar-refractivity contribution is 0.0223. The number of nitrogens with zero attached hydrogens (tertiary/aromatic N) is 5. The molecule has 0 radical (unpaired) electrons. The topological polar surface area (TPSA) is 99.4 Å². The maximum Gasteiger partial charge on any atom is 0.435 e. The third-order valence-electron chi connectivity index (χ3n) is 5.52. The van der Waals surface area contributed by atoms with E-state index in [4.69, 9.17) is 9.47 Å². The van der Waals surface area contributed by atoms with Crippen LogP contribution in [0.3, 0.4) is 0 Å². The van der Waals surface area contributed by atoms with Crippen molar-refractivity contribution in [1.82, 2.24) is 24.6 Å². The zero-order chi connectivity index (χ0) is 25.7. The van der Waals surface area contributed by atoms with Gasteiger partial charge in [-0.05, 0) is 77.6 Å². The largest absolute Gasteiger partial charge is 0.444 e. The van der Waals surface area contributed by atoms with Gasteiger partial charge in [0.15, 0.2) is 5.82 Å². The van der Waals surface area contributed by atoms with E-state index in [1.807, 2.05) is 20.8 Å². The van der Waals surface area contributed by atoms with Gasteiger partial charge >= 0.3 is 12.2 Å². The molecule has 0 N–H and O–H groups in total. The molecule has 0 fully saturated rings. The maximum absolute atomic E-state index is 15.2. The van der Waals surface area contributed by atoms with E-state index in [0.717, 1.165) is 15.8 Å². The van der Waals surface area contributed by atoms with Crippen LogP contribution in [0.4, 0.5) is 14.0 Å². The fourth-order valence-electron chi connectivity index (χ4n) is 4.00. The molecular weight excluding hydrogens is 453 g/mol. The molecule has 0 unspecified atom stereocenters. The third-order valence-corrected chi connectivity index (χ3v) is 5.52. The summed E-state index contributed by atoms with van der Waals surface area (Å²) < 4.78 is 27.2. The molecule has 1 aliphatic rings. The Morgan fingerprint density at radius 3 is 2.34 bits per heavy atom. The number of ether oxygens (including phenoxy) is 2. The second-order valence-electron chi connectivity index (χ2n) is 10.6. The van der Waals surface area contributed by atoms with Crippen LogP contribution in [0.15, 0.2) is 18.5 Å². The molecule has 10 heteroatoms. The van der Waals surface area contributed by atoms with Crippen LogP contribution in [0.5, 0.6) is 0 Å². The van der Waals surface area contributed by atoms with Crippen molar-refractivity contribution in [1.29, 1.82) is 0 Å². The lowest BCUT2D eigenvalue weighted by atomic mass is 9.91. The van der Waals surface area contributed by atoms with Gasteiger partial charge in [0.25, 0.3) is 0 Å². The molecule has 1 aliphatic heterocycles. The molecule has 0 aliphatic carbocycles. The smallest absolute Gasteiger partial charge is 0.435 e. The maximum atomic E-state index is 15.2. The molecule has 0 spiro atoms. The normalized spacial score (nSPS) is 14.1. The Bertz CT molecular complexity index is 1320. The summed E-state index contributed by atoms with van der Waals surface area (Å²) in [6, 6.07) is 1.49. The first-order chi connectivity index (χ1) is 16.2. The Morgan fingerprint density at radius 2 is 1.69 bits per heavy atom. The van der Waals surface area contributed by atoms with Gasteiger partial charge in [0.05, 0.1) is 18.0 Å². The van der Waals surface area contributed by atoms with E-state index < -0.39 is 29.2 Å². The lowest BCUT2D eigenvalue weighted by Gasteiger charge is -2.32. The Balaban J connectivity index is 1.68. The molecule has 1 aromatic carbocycles. The summed E-state index contributed by atoms with van der Waals surface area (Å²) >= 11 is 0. The molecule has 0 bridgehead atoms. The van der Waals surface area contributed by atoms with Crippen molar-refractivity contribution in [2.75, 3.05) is 6.54 Å². The van der Waals surface area contributed by atoms with Gasteiger partial charge in [0.1, 0.15) is 28.1 Å². The average molecular weight is 484 g/mol. The highest BCUT2D eigenvalue weighted by Crippen LogP contribution is 2.33. The van der Waals surface area contributed by atoms with E-state index in [1.54, 1.807) is 32.6 Å². The Kier molecular flexibility index (Phi) is 6.02. The van der Waals surface area contributed by atoms with Crippen molar-refractivity contribution in [2.45, 2.75) is 72.6 Å².